The molecule has 0 unspecified atom stereocenters. The van der Waals surface area contributed by atoms with E-state index in [2.05, 4.69) is 31.2 Å². The average molecular weight is 349 g/mol. The molecule has 1 saturated heterocycles. The van der Waals surface area contributed by atoms with Crippen LogP contribution in [0.15, 0.2) is 36.4 Å². The summed E-state index contributed by atoms with van der Waals surface area (Å²) in [7, 11) is 0. The van der Waals surface area contributed by atoms with Gasteiger partial charge in [0, 0.05) is 16.9 Å². The van der Waals surface area contributed by atoms with E-state index in [4.69, 9.17) is 21.1 Å². The predicted molar refractivity (Wildman–Crippen MR) is 99.4 cm³/mol. The monoisotopic (exact) mass is 348 g/mol. The maximum Gasteiger partial charge on any atom is 0.160 e. The third-order valence-electron chi connectivity index (χ3n) is 5.31. The van der Waals surface area contributed by atoms with Crippen molar-refractivity contribution in [3.63, 3.8) is 0 Å². The Morgan fingerprint density at radius 2 is 1.71 bits per heavy atom. The van der Waals surface area contributed by atoms with Crippen LogP contribution in [0.2, 0.25) is 5.02 Å². The second kappa shape index (κ2) is 9.03. The summed E-state index contributed by atoms with van der Waals surface area (Å²) in [5.74, 6) is 1.64. The molecule has 1 aliphatic carbocycles. The lowest BCUT2D eigenvalue weighted by molar-refractivity contribution is -0.222. The molecule has 0 atom stereocenters. The number of hydrogen-bond donors (Lipinski definition) is 0. The van der Waals surface area contributed by atoms with Crippen LogP contribution in [0.3, 0.4) is 0 Å². The van der Waals surface area contributed by atoms with E-state index in [0.717, 1.165) is 24.7 Å². The van der Waals surface area contributed by atoms with Crippen LogP contribution >= 0.6 is 11.6 Å². The van der Waals surface area contributed by atoms with E-state index in [1.807, 2.05) is 12.1 Å². The average Bonchev–Trinajstić information content (AvgIpc) is 2.63. The van der Waals surface area contributed by atoms with Crippen LogP contribution in [0.1, 0.15) is 56.9 Å². The summed E-state index contributed by atoms with van der Waals surface area (Å²) in [5, 5.41) is 0.819. The molecule has 2 fully saturated rings. The standard InChI is InChI=1S/C21H29ClO2/c1-2-3-4-5-16-14-23-21(24-15-16)19-8-6-17(7-9-19)18-10-12-20(22)13-11-18/h4-5,10-13,16-17,19,21H,2-3,6-9,14-15H2,1H3/t16-,17-,19-,21-. The summed E-state index contributed by atoms with van der Waals surface area (Å²) in [5.41, 5.74) is 1.42. The van der Waals surface area contributed by atoms with E-state index >= 15 is 0 Å². The van der Waals surface area contributed by atoms with Gasteiger partial charge in [0.1, 0.15) is 0 Å². The highest BCUT2D eigenvalue weighted by Crippen LogP contribution is 2.39. The molecule has 3 heteroatoms. The summed E-state index contributed by atoms with van der Waals surface area (Å²) in [4.78, 5) is 0. The fraction of sp³-hybridized carbons (Fsp3) is 0.619. The molecule has 1 aromatic rings. The first-order valence-electron chi connectivity index (χ1n) is 9.41. The molecule has 0 spiro atoms. The van der Waals surface area contributed by atoms with Gasteiger partial charge < -0.3 is 9.47 Å². The van der Waals surface area contributed by atoms with Crippen LogP contribution in [0.4, 0.5) is 0 Å². The Bertz CT molecular complexity index is 509. The zero-order valence-corrected chi connectivity index (χ0v) is 15.4. The van der Waals surface area contributed by atoms with Crippen molar-refractivity contribution in [3.05, 3.63) is 47.0 Å². The Hall–Kier alpha value is -0.830. The van der Waals surface area contributed by atoms with Crippen molar-refractivity contribution in [1.29, 1.82) is 0 Å². The lowest BCUT2D eigenvalue weighted by atomic mass is 9.78. The SMILES string of the molecule is CCCC=C[C@H]1CO[C@H]([C@H]2CC[C@H](c3ccc(Cl)cc3)CC2)OC1. The number of unbranched alkanes of at least 4 members (excludes halogenated alkanes) is 1. The van der Waals surface area contributed by atoms with Gasteiger partial charge in [-0.15, -0.1) is 0 Å². The Labute approximate surface area is 151 Å². The summed E-state index contributed by atoms with van der Waals surface area (Å²) in [6, 6.07) is 8.35. The second-order valence-electron chi connectivity index (χ2n) is 7.18. The van der Waals surface area contributed by atoms with Crippen molar-refractivity contribution >= 4 is 11.6 Å². The molecule has 2 nitrogen and oxygen atoms in total. The normalized spacial score (nSPS) is 31.4. The zero-order valence-electron chi connectivity index (χ0n) is 14.6. The van der Waals surface area contributed by atoms with Crippen LogP contribution in [0.25, 0.3) is 0 Å². The van der Waals surface area contributed by atoms with E-state index in [1.165, 1.54) is 37.7 Å². The molecule has 132 valence electrons. The van der Waals surface area contributed by atoms with Crippen molar-refractivity contribution in [2.24, 2.45) is 11.8 Å². The lowest BCUT2D eigenvalue weighted by Crippen LogP contribution is -2.37. The van der Waals surface area contributed by atoms with Crippen molar-refractivity contribution in [3.8, 4) is 0 Å². The van der Waals surface area contributed by atoms with Gasteiger partial charge in [-0.05, 0) is 55.7 Å². The van der Waals surface area contributed by atoms with Gasteiger partial charge >= 0.3 is 0 Å². The van der Waals surface area contributed by atoms with Gasteiger partial charge in [0.25, 0.3) is 0 Å². The van der Waals surface area contributed by atoms with Gasteiger partial charge in [-0.25, -0.2) is 0 Å². The third kappa shape index (κ3) is 4.84. The number of rotatable bonds is 5. The summed E-state index contributed by atoms with van der Waals surface area (Å²) < 4.78 is 12.1. The first-order chi connectivity index (χ1) is 11.8. The lowest BCUT2D eigenvalue weighted by Gasteiger charge is -2.37. The van der Waals surface area contributed by atoms with E-state index in [9.17, 15) is 0 Å². The quantitative estimate of drug-likeness (QED) is 0.611. The number of hydrogen-bond acceptors (Lipinski definition) is 2. The zero-order chi connectivity index (χ0) is 16.8. The van der Waals surface area contributed by atoms with Gasteiger partial charge in [0.2, 0.25) is 0 Å². The van der Waals surface area contributed by atoms with Gasteiger partial charge in [0.05, 0.1) is 13.2 Å². The molecule has 0 amide bonds. The first-order valence-corrected chi connectivity index (χ1v) is 9.79. The van der Waals surface area contributed by atoms with Crippen LogP contribution in [-0.2, 0) is 9.47 Å². The molecule has 0 bridgehead atoms. The molecular formula is C21H29ClO2. The second-order valence-corrected chi connectivity index (χ2v) is 7.61. The van der Waals surface area contributed by atoms with Gasteiger partial charge in [0.15, 0.2) is 6.29 Å². The van der Waals surface area contributed by atoms with E-state index in [1.54, 1.807) is 0 Å². The molecule has 24 heavy (non-hydrogen) atoms. The van der Waals surface area contributed by atoms with E-state index in [-0.39, 0.29) is 6.29 Å². The molecule has 1 aliphatic heterocycles. The Kier molecular flexibility index (Phi) is 6.76. The predicted octanol–water partition coefficient (Wildman–Crippen LogP) is 5.96. The Morgan fingerprint density at radius 1 is 1.04 bits per heavy atom. The number of halogens is 1. The highest BCUT2D eigenvalue weighted by Gasteiger charge is 2.32. The van der Waals surface area contributed by atoms with Crippen LogP contribution in [-0.4, -0.2) is 19.5 Å². The molecule has 2 aliphatic rings. The number of benzene rings is 1. The van der Waals surface area contributed by atoms with Crippen LogP contribution < -0.4 is 0 Å². The molecule has 0 N–H and O–H groups in total. The van der Waals surface area contributed by atoms with Crippen molar-refractivity contribution < 1.29 is 9.47 Å². The minimum atomic E-state index is 0.00647. The largest absolute Gasteiger partial charge is 0.352 e. The number of allylic oxidation sites excluding steroid dienone is 1. The van der Waals surface area contributed by atoms with Gasteiger partial charge in [-0.1, -0.05) is 49.2 Å². The van der Waals surface area contributed by atoms with Crippen LogP contribution in [0.5, 0.6) is 0 Å². The first kappa shape index (κ1) is 18.0. The molecular weight excluding hydrogens is 320 g/mol. The molecule has 3 rings (SSSR count). The maximum absolute atomic E-state index is 6.03. The topological polar surface area (TPSA) is 18.5 Å². The van der Waals surface area contributed by atoms with Crippen molar-refractivity contribution in [2.75, 3.05) is 13.2 Å². The molecule has 1 aromatic carbocycles. The van der Waals surface area contributed by atoms with Gasteiger partial charge in [-0.2, -0.15) is 0 Å². The minimum Gasteiger partial charge on any atom is -0.352 e. The molecule has 0 radical (unpaired) electrons. The van der Waals surface area contributed by atoms with Crippen molar-refractivity contribution in [2.45, 2.75) is 57.7 Å². The fourth-order valence-corrected chi connectivity index (χ4v) is 3.96. The van der Waals surface area contributed by atoms with Gasteiger partial charge in [-0.3, -0.25) is 0 Å². The Morgan fingerprint density at radius 3 is 2.33 bits per heavy atom. The minimum absolute atomic E-state index is 0.00647. The summed E-state index contributed by atoms with van der Waals surface area (Å²) in [6.07, 6.45) is 11.7. The summed E-state index contributed by atoms with van der Waals surface area (Å²) >= 11 is 5.99. The van der Waals surface area contributed by atoms with Crippen molar-refractivity contribution in [1.82, 2.24) is 0 Å². The molecule has 0 aromatic heterocycles. The maximum atomic E-state index is 6.03. The van der Waals surface area contributed by atoms with E-state index in [0.29, 0.717) is 17.8 Å². The smallest absolute Gasteiger partial charge is 0.160 e. The molecule has 1 saturated carbocycles. The highest BCUT2D eigenvalue weighted by atomic mass is 35.5. The number of ether oxygens (including phenoxy) is 2. The molecule has 1 heterocycles. The van der Waals surface area contributed by atoms with Crippen LogP contribution in [0, 0.1) is 11.8 Å². The van der Waals surface area contributed by atoms with E-state index < -0.39 is 0 Å². The Balaban J connectivity index is 1.43. The summed E-state index contributed by atoms with van der Waals surface area (Å²) in [6.45, 7) is 3.82. The third-order valence-corrected chi connectivity index (χ3v) is 5.56. The highest BCUT2D eigenvalue weighted by molar-refractivity contribution is 6.30. The fourth-order valence-electron chi connectivity index (χ4n) is 3.83.